The van der Waals surface area contributed by atoms with E-state index in [2.05, 4.69) is 34.6 Å². The third kappa shape index (κ3) is 81.9. The fourth-order valence-corrected chi connectivity index (χ4v) is 15.4. The summed E-state index contributed by atoms with van der Waals surface area (Å²) in [6.45, 7) is 7.41. The SMILES string of the molecule is CCCCCCCCCCCCCCCCCCCCCCCCC(=O)O[C@H](COC(=O)CCCCCCCCCCCCCCCCCCC(C)C)COP(=O)(O)OC[C@@H](O)COP(=O)(O)OC[C@@H](COC(=O)CCCCCCCCCCCCC)OC(=O)CCCCCCCCCCCCCCCCC. The molecule has 0 saturated carbocycles. The summed E-state index contributed by atoms with van der Waals surface area (Å²) in [5.74, 6) is -1.28. The van der Waals surface area contributed by atoms with E-state index in [4.69, 9.17) is 37.0 Å². The second kappa shape index (κ2) is 80.7. The molecule has 2 unspecified atom stereocenters. The molecule has 19 heteroatoms. The number of unbranched alkanes of at least 4 members (excludes halogenated alkanes) is 60. The molecule has 0 heterocycles. The van der Waals surface area contributed by atoms with E-state index in [9.17, 15) is 43.2 Å². The molecule has 107 heavy (non-hydrogen) atoms. The number of aliphatic hydroxyl groups is 1. The van der Waals surface area contributed by atoms with Crippen LogP contribution in [0.1, 0.15) is 478 Å². The lowest BCUT2D eigenvalue weighted by Gasteiger charge is -2.21. The third-order valence-electron chi connectivity index (χ3n) is 20.8. The molecular weight excluding hydrogens is 1390 g/mol. The average Bonchev–Trinajstić information content (AvgIpc) is 0.907. The summed E-state index contributed by atoms with van der Waals surface area (Å²) in [6, 6.07) is 0. The first-order chi connectivity index (χ1) is 52.0. The molecule has 0 aliphatic rings. The number of rotatable bonds is 88. The Labute approximate surface area is 658 Å². The molecule has 0 aromatic carbocycles. The van der Waals surface area contributed by atoms with Gasteiger partial charge in [0.15, 0.2) is 12.2 Å². The van der Waals surface area contributed by atoms with Crippen LogP contribution in [-0.4, -0.2) is 96.7 Å². The van der Waals surface area contributed by atoms with Crippen molar-refractivity contribution in [3.05, 3.63) is 0 Å². The quantitative estimate of drug-likeness (QED) is 0.0222. The van der Waals surface area contributed by atoms with Crippen LogP contribution in [0.5, 0.6) is 0 Å². The molecule has 636 valence electrons. The van der Waals surface area contributed by atoms with Gasteiger partial charge in [0.25, 0.3) is 0 Å². The van der Waals surface area contributed by atoms with Crippen molar-refractivity contribution in [3.8, 4) is 0 Å². The zero-order valence-corrected chi connectivity index (χ0v) is 72.1. The summed E-state index contributed by atoms with van der Waals surface area (Å²) in [5.41, 5.74) is 0. The molecule has 0 saturated heterocycles. The van der Waals surface area contributed by atoms with Crippen molar-refractivity contribution in [2.24, 2.45) is 5.92 Å². The van der Waals surface area contributed by atoms with Gasteiger partial charge < -0.3 is 33.8 Å². The molecule has 0 aliphatic carbocycles. The standard InChI is InChI=1S/C88H172O17P2/c1-6-9-12-15-18-21-24-26-28-29-30-31-32-33-34-40-44-49-54-59-64-69-74-88(93)105-84(78-99-86(91)72-67-62-57-52-47-42-39-36-35-38-41-46-50-55-60-65-70-81(4)5)80-103-107(96,97)101-76-82(89)75-100-106(94,95)102-79-83(77-98-85(90)71-66-61-56-51-45-23-20-17-14-11-8-3)104-87(92)73-68-63-58-53-48-43-37-27-25-22-19-16-13-10-7-2/h81-84,89H,6-80H2,1-5H3,(H,94,95)(H,96,97)/t82-,83+,84+/m0/s1. The fraction of sp³-hybridized carbons (Fsp3) is 0.955. The van der Waals surface area contributed by atoms with Gasteiger partial charge >= 0.3 is 39.5 Å². The fourth-order valence-electron chi connectivity index (χ4n) is 13.8. The van der Waals surface area contributed by atoms with E-state index in [1.165, 1.54) is 302 Å². The summed E-state index contributed by atoms with van der Waals surface area (Å²) >= 11 is 0. The molecule has 3 N–H and O–H groups in total. The molecule has 17 nitrogen and oxygen atoms in total. The van der Waals surface area contributed by atoms with Gasteiger partial charge in [0.05, 0.1) is 26.4 Å². The van der Waals surface area contributed by atoms with Crippen LogP contribution in [0.25, 0.3) is 0 Å². The number of carbonyl (C=O) groups excluding carboxylic acids is 4. The molecule has 0 radical (unpaired) electrons. The average molecular weight is 1560 g/mol. The maximum Gasteiger partial charge on any atom is 0.472 e. The Balaban J connectivity index is 5.22. The van der Waals surface area contributed by atoms with Gasteiger partial charge in [-0.1, -0.05) is 426 Å². The monoisotopic (exact) mass is 1560 g/mol. The van der Waals surface area contributed by atoms with Crippen molar-refractivity contribution in [1.82, 2.24) is 0 Å². The molecule has 0 bridgehead atoms. The van der Waals surface area contributed by atoms with E-state index in [-0.39, 0.29) is 25.7 Å². The molecule has 0 amide bonds. The van der Waals surface area contributed by atoms with Crippen LogP contribution in [0.3, 0.4) is 0 Å². The predicted molar refractivity (Wildman–Crippen MR) is 442 cm³/mol. The molecular formula is C88H172O17P2. The van der Waals surface area contributed by atoms with Crippen LogP contribution in [0.15, 0.2) is 0 Å². The highest BCUT2D eigenvalue weighted by atomic mass is 31.2. The second-order valence-corrected chi connectivity index (χ2v) is 35.0. The number of ether oxygens (including phenoxy) is 4. The molecule has 0 spiro atoms. The van der Waals surface area contributed by atoms with E-state index in [0.717, 1.165) is 95.8 Å². The Morgan fingerprint density at radius 1 is 0.252 bits per heavy atom. The zero-order valence-electron chi connectivity index (χ0n) is 70.3. The molecule has 0 aliphatic heterocycles. The lowest BCUT2D eigenvalue weighted by molar-refractivity contribution is -0.161. The first-order valence-corrected chi connectivity index (χ1v) is 48.6. The van der Waals surface area contributed by atoms with Crippen LogP contribution >= 0.6 is 15.6 Å². The summed E-state index contributed by atoms with van der Waals surface area (Å²) in [5, 5.41) is 10.7. The molecule has 0 fully saturated rings. The highest BCUT2D eigenvalue weighted by molar-refractivity contribution is 7.47. The Morgan fingerprint density at radius 3 is 0.636 bits per heavy atom. The van der Waals surface area contributed by atoms with Crippen LogP contribution in [0.4, 0.5) is 0 Å². The number of hydrogen-bond donors (Lipinski definition) is 3. The van der Waals surface area contributed by atoms with Crippen molar-refractivity contribution >= 4 is 39.5 Å². The van der Waals surface area contributed by atoms with Crippen LogP contribution in [0.2, 0.25) is 0 Å². The van der Waals surface area contributed by atoms with Crippen LogP contribution in [-0.2, 0) is 65.4 Å². The second-order valence-electron chi connectivity index (χ2n) is 32.1. The minimum Gasteiger partial charge on any atom is -0.462 e. The van der Waals surface area contributed by atoms with Gasteiger partial charge in [0, 0.05) is 25.7 Å². The van der Waals surface area contributed by atoms with Crippen molar-refractivity contribution in [2.45, 2.75) is 496 Å². The molecule has 0 rings (SSSR count). The van der Waals surface area contributed by atoms with Crippen molar-refractivity contribution in [3.63, 3.8) is 0 Å². The minimum absolute atomic E-state index is 0.109. The lowest BCUT2D eigenvalue weighted by Crippen LogP contribution is -2.30. The van der Waals surface area contributed by atoms with E-state index in [0.29, 0.717) is 25.7 Å². The van der Waals surface area contributed by atoms with E-state index in [1.807, 2.05) is 0 Å². The summed E-state index contributed by atoms with van der Waals surface area (Å²) in [4.78, 5) is 73.3. The van der Waals surface area contributed by atoms with Gasteiger partial charge in [-0.25, -0.2) is 9.13 Å². The van der Waals surface area contributed by atoms with Crippen LogP contribution in [0, 0.1) is 5.92 Å². The van der Waals surface area contributed by atoms with Crippen molar-refractivity contribution in [2.75, 3.05) is 39.6 Å². The zero-order chi connectivity index (χ0) is 78.3. The number of esters is 4. The van der Waals surface area contributed by atoms with E-state index in [1.54, 1.807) is 0 Å². The topological polar surface area (TPSA) is 237 Å². The van der Waals surface area contributed by atoms with Crippen molar-refractivity contribution < 1.29 is 80.2 Å². The largest absolute Gasteiger partial charge is 0.472 e. The Kier molecular flexibility index (Phi) is 79.2. The highest BCUT2D eigenvalue weighted by Crippen LogP contribution is 2.45. The van der Waals surface area contributed by atoms with Gasteiger partial charge in [-0.3, -0.25) is 37.3 Å². The number of aliphatic hydroxyl groups excluding tert-OH is 1. The van der Waals surface area contributed by atoms with Gasteiger partial charge in [-0.15, -0.1) is 0 Å². The van der Waals surface area contributed by atoms with Crippen molar-refractivity contribution in [1.29, 1.82) is 0 Å². The Bertz CT molecular complexity index is 2030. The maximum atomic E-state index is 13.2. The number of carbonyl (C=O) groups is 4. The number of phosphoric ester groups is 2. The molecule has 5 atom stereocenters. The number of hydrogen-bond acceptors (Lipinski definition) is 15. The van der Waals surface area contributed by atoms with Gasteiger partial charge in [0.1, 0.15) is 19.3 Å². The Morgan fingerprint density at radius 2 is 0.430 bits per heavy atom. The summed E-state index contributed by atoms with van der Waals surface area (Å²) < 4.78 is 69.0. The highest BCUT2D eigenvalue weighted by Gasteiger charge is 2.30. The normalized spacial score (nSPS) is 13.7. The summed E-state index contributed by atoms with van der Waals surface area (Å²) in [7, 11) is -9.93. The summed E-state index contributed by atoms with van der Waals surface area (Å²) in [6.07, 6.45) is 75.0. The smallest absolute Gasteiger partial charge is 0.462 e. The van der Waals surface area contributed by atoms with E-state index >= 15 is 0 Å². The van der Waals surface area contributed by atoms with Crippen LogP contribution < -0.4 is 0 Å². The molecule has 0 aromatic rings. The predicted octanol–water partition coefficient (Wildman–Crippen LogP) is 27.2. The number of phosphoric acid groups is 2. The first-order valence-electron chi connectivity index (χ1n) is 45.6. The van der Waals surface area contributed by atoms with Gasteiger partial charge in [-0.2, -0.15) is 0 Å². The van der Waals surface area contributed by atoms with Gasteiger partial charge in [-0.05, 0) is 31.6 Å². The van der Waals surface area contributed by atoms with Gasteiger partial charge in [0.2, 0.25) is 0 Å². The first kappa shape index (κ1) is 105. The third-order valence-corrected chi connectivity index (χ3v) is 22.7. The lowest BCUT2D eigenvalue weighted by atomic mass is 10.0. The molecule has 0 aromatic heterocycles. The minimum atomic E-state index is -4.97. The van der Waals surface area contributed by atoms with E-state index < -0.39 is 97.5 Å². The maximum absolute atomic E-state index is 13.2. The Hall–Kier alpha value is -1.94.